The number of halogens is 1. The number of fused-ring (bicyclic) bond motifs is 1. The number of carbonyl (C=O) groups excluding carboxylic acids is 2. The molecule has 1 aliphatic heterocycles. The van der Waals surface area contributed by atoms with Crippen LogP contribution >= 0.6 is 0 Å². The SMILES string of the molecule is CCOC(=O)c1c(O)c2ncc(Cc3ccc(F)cc3)cc2n(C(C)N2CCCC2=O)c1=O. The summed E-state index contributed by atoms with van der Waals surface area (Å²) in [7, 11) is 0. The summed E-state index contributed by atoms with van der Waals surface area (Å²) in [5.74, 6) is -1.95. The second-order valence-electron chi connectivity index (χ2n) is 7.96. The van der Waals surface area contributed by atoms with E-state index in [0.29, 0.717) is 31.4 Å². The molecule has 1 amide bonds. The average molecular weight is 453 g/mol. The van der Waals surface area contributed by atoms with Gasteiger partial charge in [0.2, 0.25) is 5.91 Å². The molecule has 1 N–H and O–H groups in total. The smallest absolute Gasteiger partial charge is 0.347 e. The van der Waals surface area contributed by atoms with Crippen molar-refractivity contribution in [3.8, 4) is 5.75 Å². The van der Waals surface area contributed by atoms with E-state index in [4.69, 9.17) is 4.74 Å². The third-order valence-corrected chi connectivity index (χ3v) is 5.81. The van der Waals surface area contributed by atoms with E-state index in [9.17, 15) is 23.9 Å². The first-order valence-electron chi connectivity index (χ1n) is 10.8. The Labute approximate surface area is 189 Å². The van der Waals surface area contributed by atoms with Crippen molar-refractivity contribution in [2.75, 3.05) is 13.2 Å². The average Bonchev–Trinajstić information content (AvgIpc) is 3.21. The van der Waals surface area contributed by atoms with Gasteiger partial charge in [-0.1, -0.05) is 12.1 Å². The van der Waals surface area contributed by atoms with Crippen LogP contribution in [0.15, 0.2) is 41.3 Å². The number of esters is 1. The van der Waals surface area contributed by atoms with Crippen LogP contribution in [0, 0.1) is 5.82 Å². The number of benzene rings is 1. The minimum Gasteiger partial charge on any atom is -0.505 e. The molecule has 2 aromatic heterocycles. The maximum atomic E-state index is 13.4. The van der Waals surface area contributed by atoms with Gasteiger partial charge in [-0.25, -0.2) is 9.18 Å². The first-order chi connectivity index (χ1) is 15.8. The van der Waals surface area contributed by atoms with E-state index in [1.807, 2.05) is 0 Å². The van der Waals surface area contributed by atoms with Crippen LogP contribution in [-0.4, -0.2) is 44.6 Å². The number of aromatic nitrogens is 2. The highest BCUT2D eigenvalue weighted by Gasteiger charge is 2.31. The molecule has 9 heteroatoms. The van der Waals surface area contributed by atoms with Gasteiger partial charge in [-0.3, -0.25) is 19.1 Å². The lowest BCUT2D eigenvalue weighted by Gasteiger charge is -2.28. The van der Waals surface area contributed by atoms with E-state index >= 15 is 0 Å². The summed E-state index contributed by atoms with van der Waals surface area (Å²) in [6.45, 7) is 3.80. The van der Waals surface area contributed by atoms with Crippen molar-refractivity contribution in [3.05, 3.63) is 69.4 Å². The third-order valence-electron chi connectivity index (χ3n) is 5.81. The quantitative estimate of drug-likeness (QED) is 0.576. The number of amides is 1. The Morgan fingerprint density at radius 2 is 1.97 bits per heavy atom. The predicted molar refractivity (Wildman–Crippen MR) is 118 cm³/mol. The van der Waals surface area contributed by atoms with E-state index < -0.39 is 29.0 Å². The molecule has 3 heterocycles. The zero-order valence-corrected chi connectivity index (χ0v) is 18.4. The molecule has 0 spiro atoms. The molecule has 0 aliphatic carbocycles. The van der Waals surface area contributed by atoms with Crippen molar-refractivity contribution in [2.45, 2.75) is 39.3 Å². The van der Waals surface area contributed by atoms with Crippen LogP contribution in [0.25, 0.3) is 11.0 Å². The number of nitrogens with zero attached hydrogens (tertiary/aromatic N) is 3. The zero-order valence-electron chi connectivity index (χ0n) is 18.4. The van der Waals surface area contributed by atoms with Gasteiger partial charge in [0, 0.05) is 19.2 Å². The predicted octanol–water partition coefficient (Wildman–Crippen LogP) is 3.15. The van der Waals surface area contributed by atoms with Crippen LogP contribution in [0.5, 0.6) is 5.75 Å². The molecule has 1 saturated heterocycles. The van der Waals surface area contributed by atoms with E-state index in [1.165, 1.54) is 22.9 Å². The van der Waals surface area contributed by atoms with Gasteiger partial charge in [-0.2, -0.15) is 0 Å². The molecule has 3 aromatic rings. The third kappa shape index (κ3) is 4.18. The molecule has 8 nitrogen and oxygen atoms in total. The fourth-order valence-corrected chi connectivity index (χ4v) is 4.21. The van der Waals surface area contributed by atoms with Crippen LogP contribution in [0.3, 0.4) is 0 Å². The van der Waals surface area contributed by atoms with E-state index in [2.05, 4.69) is 4.98 Å². The molecular formula is C24H24FN3O5. The number of carbonyl (C=O) groups is 2. The number of aromatic hydroxyl groups is 1. The topological polar surface area (TPSA) is 102 Å². The first-order valence-corrected chi connectivity index (χ1v) is 10.8. The number of rotatable bonds is 6. The Morgan fingerprint density at radius 1 is 1.24 bits per heavy atom. The molecule has 4 rings (SSSR count). The van der Waals surface area contributed by atoms with Gasteiger partial charge in [-0.05, 0) is 56.0 Å². The highest BCUT2D eigenvalue weighted by Crippen LogP contribution is 2.30. The van der Waals surface area contributed by atoms with Crippen molar-refractivity contribution in [3.63, 3.8) is 0 Å². The Hall–Kier alpha value is -3.75. The van der Waals surface area contributed by atoms with Crippen LogP contribution in [0.2, 0.25) is 0 Å². The summed E-state index contributed by atoms with van der Waals surface area (Å²) in [4.78, 5) is 44.2. The molecule has 1 unspecified atom stereocenters. The fraction of sp³-hybridized carbons (Fsp3) is 0.333. The molecule has 1 aromatic carbocycles. The molecular weight excluding hydrogens is 429 g/mol. The summed E-state index contributed by atoms with van der Waals surface area (Å²) >= 11 is 0. The summed E-state index contributed by atoms with van der Waals surface area (Å²) in [5, 5.41) is 10.8. The number of ether oxygens (including phenoxy) is 1. The Kier molecular flexibility index (Phi) is 6.13. The Bertz CT molecular complexity index is 1290. The van der Waals surface area contributed by atoms with Crippen molar-refractivity contribution in [2.24, 2.45) is 0 Å². The van der Waals surface area contributed by atoms with Crippen LogP contribution in [0.4, 0.5) is 4.39 Å². The summed E-state index contributed by atoms with van der Waals surface area (Å²) in [5.41, 5.74) is 0.622. The summed E-state index contributed by atoms with van der Waals surface area (Å²) in [6.07, 6.45) is 2.29. The summed E-state index contributed by atoms with van der Waals surface area (Å²) in [6, 6.07) is 7.72. The lowest BCUT2D eigenvalue weighted by atomic mass is 10.1. The standard InChI is InChI=1S/C24H24FN3O5/c1-3-33-24(32)20-22(30)21-18(28(23(20)31)14(2)27-10-4-5-19(27)29)12-16(13-26-21)11-15-6-8-17(25)9-7-15/h6-9,12-14,30H,3-5,10-11H2,1-2H3. The van der Waals surface area contributed by atoms with Gasteiger partial charge in [-0.15, -0.1) is 0 Å². The van der Waals surface area contributed by atoms with E-state index in [0.717, 1.165) is 5.56 Å². The normalized spacial score (nSPS) is 14.6. The van der Waals surface area contributed by atoms with Gasteiger partial charge < -0.3 is 14.7 Å². The molecule has 0 saturated carbocycles. The Morgan fingerprint density at radius 3 is 2.61 bits per heavy atom. The highest BCUT2D eigenvalue weighted by atomic mass is 19.1. The first kappa shape index (κ1) is 22.4. The number of hydrogen-bond acceptors (Lipinski definition) is 6. The van der Waals surface area contributed by atoms with Gasteiger partial charge in [0.15, 0.2) is 11.3 Å². The molecule has 33 heavy (non-hydrogen) atoms. The molecule has 1 fully saturated rings. The molecule has 1 aliphatic rings. The van der Waals surface area contributed by atoms with Crippen LogP contribution in [0.1, 0.15) is 54.3 Å². The lowest BCUT2D eigenvalue weighted by Crippen LogP contribution is -2.39. The maximum absolute atomic E-state index is 13.4. The fourth-order valence-electron chi connectivity index (χ4n) is 4.21. The van der Waals surface area contributed by atoms with Gasteiger partial charge in [0.05, 0.1) is 12.1 Å². The monoisotopic (exact) mass is 453 g/mol. The van der Waals surface area contributed by atoms with Crippen LogP contribution in [-0.2, 0) is 16.0 Å². The van der Waals surface area contributed by atoms with Gasteiger partial charge >= 0.3 is 5.97 Å². The van der Waals surface area contributed by atoms with Crippen LogP contribution < -0.4 is 5.56 Å². The zero-order chi connectivity index (χ0) is 23.7. The maximum Gasteiger partial charge on any atom is 0.347 e. The molecule has 0 radical (unpaired) electrons. The number of pyridine rings is 2. The Balaban J connectivity index is 1.90. The largest absolute Gasteiger partial charge is 0.505 e. The van der Waals surface area contributed by atoms with Crippen molar-refractivity contribution in [1.29, 1.82) is 0 Å². The molecule has 0 bridgehead atoms. The number of hydrogen-bond donors (Lipinski definition) is 1. The van der Waals surface area contributed by atoms with Crippen molar-refractivity contribution >= 4 is 22.9 Å². The number of likely N-dealkylation sites (tertiary alicyclic amines) is 1. The highest BCUT2D eigenvalue weighted by molar-refractivity contribution is 5.98. The van der Waals surface area contributed by atoms with Gasteiger partial charge in [0.25, 0.3) is 5.56 Å². The van der Waals surface area contributed by atoms with E-state index in [-0.39, 0.29) is 29.4 Å². The second kappa shape index (κ2) is 9.01. The lowest BCUT2D eigenvalue weighted by molar-refractivity contribution is -0.130. The minimum absolute atomic E-state index is 0.0277. The van der Waals surface area contributed by atoms with Crippen molar-refractivity contribution in [1.82, 2.24) is 14.5 Å². The molecule has 172 valence electrons. The van der Waals surface area contributed by atoms with Crippen molar-refractivity contribution < 1.29 is 23.8 Å². The summed E-state index contributed by atoms with van der Waals surface area (Å²) < 4.78 is 19.5. The van der Waals surface area contributed by atoms with E-state index in [1.54, 1.807) is 36.9 Å². The molecule has 1 atom stereocenters. The second-order valence-corrected chi connectivity index (χ2v) is 7.96. The minimum atomic E-state index is -0.951. The van der Waals surface area contributed by atoms with Gasteiger partial charge in [0.1, 0.15) is 17.5 Å².